The quantitative estimate of drug-likeness (QED) is 0.717. The Kier molecular flexibility index (Phi) is 4.43. The molecule has 2 fully saturated rings. The van der Waals surface area contributed by atoms with Crippen molar-refractivity contribution in [2.75, 3.05) is 27.2 Å². The largest absolute Gasteiger partial charge is 0.356 e. The molecule has 2 bridgehead atoms. The van der Waals surface area contributed by atoms with E-state index in [4.69, 9.17) is 0 Å². The van der Waals surface area contributed by atoms with Crippen LogP contribution in [-0.4, -0.2) is 38.0 Å². The van der Waals surface area contributed by atoms with Gasteiger partial charge in [0.15, 0.2) is 0 Å². The van der Waals surface area contributed by atoms with Gasteiger partial charge >= 0.3 is 0 Å². The van der Waals surface area contributed by atoms with E-state index in [1.165, 1.54) is 25.7 Å². The fraction of sp³-hybridized carbons (Fsp3) is 0.929. The van der Waals surface area contributed by atoms with E-state index in [2.05, 4.69) is 24.3 Å². The van der Waals surface area contributed by atoms with Crippen LogP contribution < -0.4 is 5.32 Å². The van der Waals surface area contributed by atoms with Crippen molar-refractivity contribution in [2.24, 2.45) is 17.8 Å². The second-order valence-corrected chi connectivity index (χ2v) is 6.15. The number of hydrogen-bond acceptors (Lipinski definition) is 2. The summed E-state index contributed by atoms with van der Waals surface area (Å²) in [7, 11) is 4.13. The Balaban J connectivity index is 1.58. The van der Waals surface area contributed by atoms with Gasteiger partial charge in [0.25, 0.3) is 0 Å². The normalized spacial score (nSPS) is 31.1. The van der Waals surface area contributed by atoms with Gasteiger partial charge in [0.2, 0.25) is 5.91 Å². The molecule has 0 heterocycles. The van der Waals surface area contributed by atoms with Crippen LogP contribution in [-0.2, 0) is 4.79 Å². The smallest absolute Gasteiger partial charge is 0.220 e. The van der Waals surface area contributed by atoms with Gasteiger partial charge in [-0.05, 0) is 64.1 Å². The Morgan fingerprint density at radius 3 is 2.71 bits per heavy atom. The molecule has 1 N–H and O–H groups in total. The van der Waals surface area contributed by atoms with Crippen molar-refractivity contribution in [3.05, 3.63) is 0 Å². The molecular formula is C14H26N2O. The summed E-state index contributed by atoms with van der Waals surface area (Å²) in [5, 5.41) is 3.06. The van der Waals surface area contributed by atoms with Gasteiger partial charge in [0.1, 0.15) is 0 Å². The summed E-state index contributed by atoms with van der Waals surface area (Å²) in [5.74, 6) is 2.79. The Morgan fingerprint density at radius 2 is 2.12 bits per heavy atom. The molecule has 2 aliphatic carbocycles. The van der Waals surface area contributed by atoms with Gasteiger partial charge in [-0.1, -0.05) is 6.42 Å². The van der Waals surface area contributed by atoms with Gasteiger partial charge < -0.3 is 10.2 Å². The van der Waals surface area contributed by atoms with Crippen LogP contribution >= 0.6 is 0 Å². The van der Waals surface area contributed by atoms with Gasteiger partial charge in [0.05, 0.1) is 0 Å². The highest BCUT2D eigenvalue weighted by Gasteiger charge is 2.39. The fourth-order valence-corrected chi connectivity index (χ4v) is 3.56. The lowest BCUT2D eigenvalue weighted by atomic mass is 9.86. The van der Waals surface area contributed by atoms with Gasteiger partial charge in [-0.3, -0.25) is 4.79 Å². The molecule has 0 spiro atoms. The van der Waals surface area contributed by atoms with Crippen molar-refractivity contribution in [3.8, 4) is 0 Å². The molecule has 0 aromatic carbocycles. The molecule has 3 heteroatoms. The van der Waals surface area contributed by atoms with Crippen molar-refractivity contribution in [3.63, 3.8) is 0 Å². The maximum Gasteiger partial charge on any atom is 0.220 e. The summed E-state index contributed by atoms with van der Waals surface area (Å²) in [5.41, 5.74) is 0. The standard InChI is InChI=1S/C14H26N2O/c1-16(2)7-3-6-15-14(17)10-13-9-11-4-5-12(13)8-11/h11-13H,3-10H2,1-2H3,(H,15,17). The zero-order valence-corrected chi connectivity index (χ0v) is 11.2. The fourth-order valence-electron chi connectivity index (χ4n) is 3.56. The SMILES string of the molecule is CN(C)CCCNC(=O)CC1CC2CCC1C2. The molecule has 3 unspecified atom stereocenters. The second-order valence-electron chi connectivity index (χ2n) is 6.15. The highest BCUT2D eigenvalue weighted by Crippen LogP contribution is 2.49. The monoisotopic (exact) mass is 238 g/mol. The van der Waals surface area contributed by atoms with Crippen LogP contribution in [0.4, 0.5) is 0 Å². The van der Waals surface area contributed by atoms with Gasteiger partial charge in [0, 0.05) is 13.0 Å². The van der Waals surface area contributed by atoms with E-state index in [0.717, 1.165) is 37.8 Å². The molecule has 2 rings (SSSR count). The van der Waals surface area contributed by atoms with Crippen molar-refractivity contribution in [1.29, 1.82) is 0 Å². The lowest BCUT2D eigenvalue weighted by Crippen LogP contribution is -2.29. The van der Waals surface area contributed by atoms with Crippen LogP contribution in [0, 0.1) is 17.8 Å². The van der Waals surface area contributed by atoms with E-state index in [1.54, 1.807) is 0 Å². The zero-order valence-electron chi connectivity index (χ0n) is 11.2. The molecule has 3 atom stereocenters. The van der Waals surface area contributed by atoms with Crippen molar-refractivity contribution < 1.29 is 4.79 Å². The molecule has 2 aliphatic rings. The van der Waals surface area contributed by atoms with Crippen LogP contribution in [0.25, 0.3) is 0 Å². The first kappa shape index (κ1) is 12.9. The van der Waals surface area contributed by atoms with Crippen molar-refractivity contribution in [1.82, 2.24) is 10.2 Å². The minimum Gasteiger partial charge on any atom is -0.356 e. The number of hydrogen-bond donors (Lipinski definition) is 1. The number of carbonyl (C=O) groups is 1. The molecule has 0 aromatic rings. The number of rotatable bonds is 6. The van der Waals surface area contributed by atoms with Crippen molar-refractivity contribution >= 4 is 5.91 Å². The number of fused-ring (bicyclic) bond motifs is 2. The number of carbonyl (C=O) groups excluding carboxylic acids is 1. The second kappa shape index (κ2) is 5.85. The van der Waals surface area contributed by atoms with Gasteiger partial charge in [-0.15, -0.1) is 0 Å². The maximum absolute atomic E-state index is 11.8. The highest BCUT2D eigenvalue weighted by molar-refractivity contribution is 5.76. The van der Waals surface area contributed by atoms with Crippen LogP contribution in [0.1, 0.15) is 38.5 Å². The van der Waals surface area contributed by atoms with E-state index < -0.39 is 0 Å². The topological polar surface area (TPSA) is 32.3 Å². The molecule has 17 heavy (non-hydrogen) atoms. The zero-order chi connectivity index (χ0) is 12.3. The van der Waals surface area contributed by atoms with E-state index in [0.29, 0.717) is 5.92 Å². The van der Waals surface area contributed by atoms with E-state index >= 15 is 0 Å². The van der Waals surface area contributed by atoms with Crippen LogP contribution in [0.3, 0.4) is 0 Å². The Labute approximate surface area is 105 Å². The average molecular weight is 238 g/mol. The van der Waals surface area contributed by atoms with E-state index in [9.17, 15) is 4.79 Å². The summed E-state index contributed by atoms with van der Waals surface area (Å²) in [6, 6.07) is 0. The molecule has 0 radical (unpaired) electrons. The highest BCUT2D eigenvalue weighted by atomic mass is 16.1. The summed E-state index contributed by atoms with van der Waals surface area (Å²) < 4.78 is 0. The lowest BCUT2D eigenvalue weighted by Gasteiger charge is -2.21. The summed E-state index contributed by atoms with van der Waals surface area (Å²) >= 11 is 0. The minimum absolute atomic E-state index is 0.279. The molecule has 0 aromatic heterocycles. The Morgan fingerprint density at radius 1 is 1.29 bits per heavy atom. The van der Waals surface area contributed by atoms with E-state index in [1.807, 2.05) is 0 Å². The number of amides is 1. The lowest BCUT2D eigenvalue weighted by molar-refractivity contribution is -0.122. The molecular weight excluding hydrogens is 212 g/mol. The van der Waals surface area contributed by atoms with Crippen LogP contribution in [0.2, 0.25) is 0 Å². The van der Waals surface area contributed by atoms with Crippen LogP contribution in [0.15, 0.2) is 0 Å². The Bertz CT molecular complexity index is 265. The molecule has 3 nitrogen and oxygen atoms in total. The molecule has 1 amide bonds. The Hall–Kier alpha value is -0.570. The summed E-state index contributed by atoms with van der Waals surface area (Å²) in [6.07, 6.45) is 7.35. The average Bonchev–Trinajstić information content (AvgIpc) is 2.86. The first-order valence-electron chi connectivity index (χ1n) is 7.06. The molecule has 98 valence electrons. The molecule has 2 saturated carbocycles. The molecule has 0 saturated heterocycles. The summed E-state index contributed by atoms with van der Waals surface area (Å²) in [6.45, 7) is 1.88. The predicted molar refractivity (Wildman–Crippen MR) is 69.7 cm³/mol. The first-order valence-corrected chi connectivity index (χ1v) is 7.06. The van der Waals surface area contributed by atoms with Crippen molar-refractivity contribution in [2.45, 2.75) is 38.5 Å². The number of nitrogens with zero attached hydrogens (tertiary/aromatic N) is 1. The molecule has 0 aliphatic heterocycles. The van der Waals surface area contributed by atoms with Gasteiger partial charge in [-0.25, -0.2) is 0 Å². The van der Waals surface area contributed by atoms with Gasteiger partial charge in [-0.2, -0.15) is 0 Å². The maximum atomic E-state index is 11.8. The third kappa shape index (κ3) is 3.70. The number of nitrogens with one attached hydrogen (secondary N) is 1. The summed E-state index contributed by atoms with van der Waals surface area (Å²) in [4.78, 5) is 14.0. The first-order chi connectivity index (χ1) is 8.15. The minimum atomic E-state index is 0.279. The predicted octanol–water partition coefficient (Wildman–Crippen LogP) is 1.88. The third-order valence-electron chi connectivity index (χ3n) is 4.44. The third-order valence-corrected chi connectivity index (χ3v) is 4.44. The van der Waals surface area contributed by atoms with Crippen LogP contribution in [0.5, 0.6) is 0 Å². The van der Waals surface area contributed by atoms with E-state index in [-0.39, 0.29) is 5.91 Å².